The first-order chi connectivity index (χ1) is 6.01. The molecule has 5 heteroatoms. The number of hydrogen-bond donors (Lipinski definition) is 0. The number of ether oxygens (including phenoxy) is 1. The fraction of sp³-hybridized carbons (Fsp3) is 0.750. The minimum absolute atomic E-state index is 0.317. The van der Waals surface area contributed by atoms with E-state index in [9.17, 15) is 17.6 Å². The number of alkyl halides is 2. The second-order valence-corrected chi connectivity index (χ2v) is 2.98. The third-order valence-corrected chi connectivity index (χ3v) is 1.92. The van der Waals surface area contributed by atoms with Gasteiger partial charge in [-0.15, -0.1) is 0 Å². The highest BCUT2D eigenvalue weighted by molar-refractivity contribution is 5.12. The van der Waals surface area contributed by atoms with Gasteiger partial charge in [-0.25, -0.2) is 8.78 Å². The summed E-state index contributed by atoms with van der Waals surface area (Å²) in [4.78, 5) is 0. The van der Waals surface area contributed by atoms with Gasteiger partial charge < -0.3 is 4.74 Å². The average molecular weight is 198 g/mol. The average Bonchev–Trinajstić information content (AvgIpc) is 2.28. The van der Waals surface area contributed by atoms with Crippen molar-refractivity contribution in [3.05, 3.63) is 11.8 Å². The minimum Gasteiger partial charge on any atom is -0.428 e. The van der Waals surface area contributed by atoms with Gasteiger partial charge in [0.2, 0.25) is 12.0 Å². The molecule has 1 nitrogen and oxygen atoms in total. The van der Waals surface area contributed by atoms with E-state index in [0.717, 1.165) is 0 Å². The van der Waals surface area contributed by atoms with Crippen LogP contribution in [0.2, 0.25) is 0 Å². The summed E-state index contributed by atoms with van der Waals surface area (Å²) in [5.74, 6) is -4.62. The van der Waals surface area contributed by atoms with E-state index in [-0.39, 0.29) is 6.42 Å². The lowest BCUT2D eigenvalue weighted by Gasteiger charge is -2.20. The molecule has 0 aromatic heterocycles. The summed E-state index contributed by atoms with van der Waals surface area (Å²) in [7, 11) is 0. The molecular formula is C8H10F4O. The van der Waals surface area contributed by atoms with E-state index in [1.165, 1.54) is 0 Å². The largest absolute Gasteiger partial charge is 0.428 e. The van der Waals surface area contributed by atoms with Crippen molar-refractivity contribution in [1.82, 2.24) is 0 Å². The number of unbranched alkanes of at least 4 members (excludes halogenated alkanes) is 1. The van der Waals surface area contributed by atoms with Gasteiger partial charge in [-0.3, -0.25) is 0 Å². The Morgan fingerprint density at radius 1 is 1.46 bits per heavy atom. The molecule has 76 valence electrons. The molecule has 0 aromatic carbocycles. The van der Waals surface area contributed by atoms with Crippen molar-refractivity contribution in [2.75, 3.05) is 0 Å². The molecule has 0 spiro atoms. The van der Waals surface area contributed by atoms with Crippen molar-refractivity contribution in [2.24, 2.45) is 0 Å². The quantitative estimate of drug-likeness (QED) is 0.632. The maximum atomic E-state index is 13.3. The highest BCUT2D eigenvalue weighted by Crippen LogP contribution is 2.42. The molecule has 2 unspecified atom stereocenters. The van der Waals surface area contributed by atoms with Gasteiger partial charge in [0.15, 0.2) is 0 Å². The van der Waals surface area contributed by atoms with E-state index in [0.29, 0.717) is 12.8 Å². The first-order valence-electron chi connectivity index (χ1n) is 4.08. The Labute approximate surface area is 73.4 Å². The summed E-state index contributed by atoms with van der Waals surface area (Å²) in [5.41, 5.74) is 0. The van der Waals surface area contributed by atoms with Crippen molar-refractivity contribution >= 4 is 0 Å². The Kier molecular flexibility index (Phi) is 2.83. The third-order valence-electron chi connectivity index (χ3n) is 1.92. The summed E-state index contributed by atoms with van der Waals surface area (Å²) < 4.78 is 54.6. The van der Waals surface area contributed by atoms with Crippen LogP contribution in [0.3, 0.4) is 0 Å². The molecule has 0 saturated heterocycles. The van der Waals surface area contributed by atoms with Gasteiger partial charge in [0.25, 0.3) is 5.85 Å². The van der Waals surface area contributed by atoms with Crippen LogP contribution in [0, 0.1) is 0 Å². The standard InChI is InChI=1S/C8H10F4O/c1-2-3-4-8(12)6(10)5(9)7(11)13-8/h6H,2-4H2,1H3. The van der Waals surface area contributed by atoms with Crippen molar-refractivity contribution in [3.63, 3.8) is 0 Å². The molecule has 2 atom stereocenters. The van der Waals surface area contributed by atoms with Crippen molar-refractivity contribution < 1.29 is 22.3 Å². The molecule has 0 saturated carbocycles. The second kappa shape index (κ2) is 3.55. The van der Waals surface area contributed by atoms with Gasteiger partial charge in [-0.2, -0.15) is 8.78 Å². The molecule has 1 rings (SSSR count). The molecule has 0 N–H and O–H groups in total. The van der Waals surface area contributed by atoms with Crippen LogP contribution in [0.15, 0.2) is 11.8 Å². The fourth-order valence-corrected chi connectivity index (χ4v) is 1.13. The highest BCUT2D eigenvalue weighted by atomic mass is 19.2. The van der Waals surface area contributed by atoms with Gasteiger partial charge in [-0.1, -0.05) is 13.3 Å². The van der Waals surface area contributed by atoms with E-state index < -0.39 is 23.9 Å². The molecule has 0 bridgehead atoms. The molecule has 1 heterocycles. The Hall–Kier alpha value is -0.740. The Morgan fingerprint density at radius 2 is 2.08 bits per heavy atom. The normalized spacial score (nSPS) is 33.8. The zero-order valence-corrected chi connectivity index (χ0v) is 7.12. The lowest BCUT2D eigenvalue weighted by Crippen LogP contribution is -2.32. The van der Waals surface area contributed by atoms with Crippen LogP contribution in [0.4, 0.5) is 17.6 Å². The predicted molar refractivity (Wildman–Crippen MR) is 38.6 cm³/mol. The topological polar surface area (TPSA) is 9.23 Å². The predicted octanol–water partition coefficient (Wildman–Crippen LogP) is 3.32. The highest BCUT2D eigenvalue weighted by Gasteiger charge is 2.52. The number of halogens is 4. The van der Waals surface area contributed by atoms with Gasteiger partial charge in [0.05, 0.1) is 0 Å². The van der Waals surface area contributed by atoms with E-state index in [2.05, 4.69) is 4.74 Å². The Bertz CT molecular complexity index is 228. The lowest BCUT2D eigenvalue weighted by molar-refractivity contribution is -0.147. The molecular weight excluding hydrogens is 188 g/mol. The molecule has 0 aromatic rings. The Balaban J connectivity index is 2.65. The van der Waals surface area contributed by atoms with Crippen molar-refractivity contribution in [2.45, 2.75) is 38.2 Å². The van der Waals surface area contributed by atoms with Gasteiger partial charge in [0, 0.05) is 6.42 Å². The van der Waals surface area contributed by atoms with E-state index in [1.807, 2.05) is 0 Å². The van der Waals surface area contributed by atoms with Gasteiger partial charge in [-0.05, 0) is 6.42 Å². The zero-order valence-electron chi connectivity index (χ0n) is 7.12. The van der Waals surface area contributed by atoms with Crippen molar-refractivity contribution in [1.29, 1.82) is 0 Å². The third kappa shape index (κ3) is 1.78. The van der Waals surface area contributed by atoms with Crippen LogP contribution >= 0.6 is 0 Å². The van der Waals surface area contributed by atoms with Gasteiger partial charge >= 0.3 is 6.01 Å². The SMILES string of the molecule is CCCCC1(F)OC(F)=C(F)C1F. The zero-order chi connectivity index (χ0) is 10.1. The molecule has 13 heavy (non-hydrogen) atoms. The second-order valence-electron chi connectivity index (χ2n) is 2.98. The molecule has 0 radical (unpaired) electrons. The van der Waals surface area contributed by atoms with Gasteiger partial charge in [0.1, 0.15) is 0 Å². The lowest BCUT2D eigenvalue weighted by atomic mass is 10.1. The van der Waals surface area contributed by atoms with Crippen molar-refractivity contribution in [3.8, 4) is 0 Å². The number of rotatable bonds is 3. The smallest absolute Gasteiger partial charge is 0.311 e. The Morgan fingerprint density at radius 3 is 2.46 bits per heavy atom. The van der Waals surface area contributed by atoms with Crippen LogP contribution in [-0.2, 0) is 4.74 Å². The van der Waals surface area contributed by atoms with Crippen LogP contribution in [0.25, 0.3) is 0 Å². The maximum Gasteiger partial charge on any atom is 0.311 e. The maximum absolute atomic E-state index is 13.3. The molecule has 0 fully saturated rings. The molecule has 1 aliphatic rings. The van der Waals surface area contributed by atoms with Crippen LogP contribution in [0.5, 0.6) is 0 Å². The van der Waals surface area contributed by atoms with E-state index in [1.54, 1.807) is 6.92 Å². The van der Waals surface area contributed by atoms with Crippen LogP contribution in [0.1, 0.15) is 26.2 Å². The summed E-state index contributed by atoms with van der Waals surface area (Å²) in [6.45, 7) is 1.76. The minimum atomic E-state index is -2.84. The van der Waals surface area contributed by atoms with E-state index in [4.69, 9.17) is 0 Å². The summed E-state index contributed by atoms with van der Waals surface area (Å²) >= 11 is 0. The summed E-state index contributed by atoms with van der Waals surface area (Å²) in [6.07, 6.45) is -2.05. The summed E-state index contributed by atoms with van der Waals surface area (Å²) in [5, 5.41) is 0. The monoisotopic (exact) mass is 198 g/mol. The first-order valence-corrected chi connectivity index (χ1v) is 4.08. The van der Waals surface area contributed by atoms with Crippen LogP contribution in [-0.4, -0.2) is 12.0 Å². The van der Waals surface area contributed by atoms with Crippen LogP contribution < -0.4 is 0 Å². The fourth-order valence-electron chi connectivity index (χ4n) is 1.13. The molecule has 0 amide bonds. The van der Waals surface area contributed by atoms with E-state index >= 15 is 0 Å². The first kappa shape index (κ1) is 10.3. The molecule has 1 aliphatic heterocycles. The molecule has 0 aliphatic carbocycles. The number of hydrogen-bond acceptors (Lipinski definition) is 1. The summed E-state index contributed by atoms with van der Waals surface area (Å²) in [6, 6.07) is -1.77.